The molecule has 3 N–H and O–H groups in total. The highest BCUT2D eigenvalue weighted by molar-refractivity contribution is 5.88. The third kappa shape index (κ3) is 7.66. The van der Waals surface area contributed by atoms with Crippen LogP contribution in [0.5, 0.6) is 5.75 Å². The topological polar surface area (TPSA) is 122 Å². The summed E-state index contributed by atoms with van der Waals surface area (Å²) in [5.41, 5.74) is 2.95. The number of amides is 1. The predicted molar refractivity (Wildman–Crippen MR) is 94.3 cm³/mol. The molecule has 0 heterocycles. The van der Waals surface area contributed by atoms with Gasteiger partial charge in [0.05, 0.1) is 13.0 Å². The average Bonchev–Trinajstić information content (AvgIpc) is 2.65. The van der Waals surface area contributed by atoms with Crippen LogP contribution in [-0.4, -0.2) is 48.0 Å². The SMILES string of the molecule is COc1ccc2cc([C@H](C)C(=O)NOCC(=O)O)ccc2c1.O=C(O)C(F)(F)F. The van der Waals surface area contributed by atoms with Crippen molar-refractivity contribution in [2.24, 2.45) is 0 Å². The van der Waals surface area contributed by atoms with Gasteiger partial charge in [-0.25, -0.2) is 15.1 Å². The van der Waals surface area contributed by atoms with Gasteiger partial charge in [-0.05, 0) is 35.4 Å². The minimum absolute atomic E-state index is 0.394. The molecule has 0 bridgehead atoms. The van der Waals surface area contributed by atoms with Gasteiger partial charge in [-0.3, -0.25) is 9.63 Å². The van der Waals surface area contributed by atoms with Crippen LogP contribution < -0.4 is 10.2 Å². The van der Waals surface area contributed by atoms with Crippen LogP contribution in [0, 0.1) is 0 Å². The molecule has 8 nitrogen and oxygen atoms in total. The molecule has 2 rings (SSSR count). The van der Waals surface area contributed by atoms with Crippen LogP contribution in [0.25, 0.3) is 10.8 Å². The molecule has 0 radical (unpaired) electrons. The molecule has 1 amide bonds. The number of carboxylic acids is 2. The highest BCUT2D eigenvalue weighted by atomic mass is 19.4. The number of hydrogen-bond donors (Lipinski definition) is 3. The molecule has 29 heavy (non-hydrogen) atoms. The van der Waals surface area contributed by atoms with Crippen molar-refractivity contribution in [3.63, 3.8) is 0 Å². The Morgan fingerprint density at radius 3 is 2.14 bits per heavy atom. The fraction of sp³-hybridized carbons (Fsp3) is 0.278. The Morgan fingerprint density at radius 1 is 1.07 bits per heavy atom. The highest BCUT2D eigenvalue weighted by Gasteiger charge is 2.38. The van der Waals surface area contributed by atoms with E-state index in [9.17, 15) is 22.8 Å². The molecule has 0 saturated carbocycles. The van der Waals surface area contributed by atoms with Gasteiger partial charge in [-0.15, -0.1) is 0 Å². The second-order valence-corrected chi connectivity index (χ2v) is 5.65. The molecule has 1 atom stereocenters. The number of methoxy groups -OCH3 is 1. The van der Waals surface area contributed by atoms with E-state index in [1.807, 2.05) is 36.4 Å². The van der Waals surface area contributed by atoms with Gasteiger partial charge < -0.3 is 14.9 Å². The maximum Gasteiger partial charge on any atom is 0.490 e. The Kier molecular flexibility index (Phi) is 8.39. The molecule has 2 aromatic carbocycles. The van der Waals surface area contributed by atoms with Gasteiger partial charge in [0.1, 0.15) is 5.75 Å². The Morgan fingerprint density at radius 2 is 1.62 bits per heavy atom. The number of carboxylic acid groups (broad SMARTS) is 2. The zero-order chi connectivity index (χ0) is 22.2. The van der Waals surface area contributed by atoms with Crippen molar-refractivity contribution in [3.05, 3.63) is 42.0 Å². The summed E-state index contributed by atoms with van der Waals surface area (Å²) in [4.78, 5) is 35.7. The first-order chi connectivity index (χ1) is 13.5. The van der Waals surface area contributed by atoms with Gasteiger partial charge in [0.2, 0.25) is 0 Å². The molecule has 0 unspecified atom stereocenters. The largest absolute Gasteiger partial charge is 0.497 e. The lowest BCUT2D eigenvalue weighted by Gasteiger charge is -2.13. The third-order valence-electron chi connectivity index (χ3n) is 3.58. The minimum Gasteiger partial charge on any atom is -0.497 e. The van der Waals surface area contributed by atoms with E-state index < -0.39 is 36.5 Å². The first-order valence-corrected chi connectivity index (χ1v) is 7.97. The van der Waals surface area contributed by atoms with E-state index in [-0.39, 0.29) is 0 Å². The molecule has 0 saturated heterocycles. The van der Waals surface area contributed by atoms with E-state index in [1.165, 1.54) is 0 Å². The van der Waals surface area contributed by atoms with Crippen LogP contribution in [0.1, 0.15) is 18.4 Å². The van der Waals surface area contributed by atoms with E-state index in [2.05, 4.69) is 10.3 Å². The molecule has 0 aliphatic carbocycles. The number of carbonyl (C=O) groups excluding carboxylic acids is 1. The van der Waals surface area contributed by atoms with Crippen LogP contribution in [0.2, 0.25) is 0 Å². The first kappa shape index (κ1) is 23.7. The molecule has 0 spiro atoms. The molecule has 2 aromatic rings. The third-order valence-corrected chi connectivity index (χ3v) is 3.58. The zero-order valence-electron chi connectivity index (χ0n) is 15.3. The number of fused-ring (bicyclic) bond motifs is 1. The average molecular weight is 417 g/mol. The number of ether oxygens (including phenoxy) is 1. The molecule has 0 aromatic heterocycles. The number of halogens is 3. The molecule has 0 fully saturated rings. The van der Waals surface area contributed by atoms with Crippen LogP contribution in [0.3, 0.4) is 0 Å². The summed E-state index contributed by atoms with van der Waals surface area (Å²) in [5.74, 6) is -3.98. The number of aliphatic carboxylic acids is 2. The van der Waals surface area contributed by atoms with Crippen molar-refractivity contribution in [2.45, 2.75) is 19.0 Å². The fourth-order valence-corrected chi connectivity index (χ4v) is 2.05. The van der Waals surface area contributed by atoms with Crippen molar-refractivity contribution in [1.82, 2.24) is 5.48 Å². The van der Waals surface area contributed by atoms with E-state index in [1.54, 1.807) is 14.0 Å². The Labute approximate surface area is 162 Å². The Balaban J connectivity index is 0.000000516. The number of carbonyl (C=O) groups is 3. The standard InChI is InChI=1S/C16H17NO5.C2HF3O2/c1-10(16(20)17-22-9-15(18)19)11-3-4-13-8-14(21-2)6-5-12(13)7-11;3-2(4,5)1(6)7/h3-8,10H,9H2,1-2H3,(H,17,20)(H,18,19);(H,6,7)/t10-;/m0./s1. The van der Waals surface area contributed by atoms with Crippen molar-refractivity contribution in [2.75, 3.05) is 13.7 Å². The van der Waals surface area contributed by atoms with Gasteiger partial charge in [-0.1, -0.05) is 24.3 Å². The number of rotatable bonds is 6. The molecular formula is C18H18F3NO7. The van der Waals surface area contributed by atoms with E-state index in [0.717, 1.165) is 22.1 Å². The van der Waals surface area contributed by atoms with E-state index in [4.69, 9.17) is 19.7 Å². The summed E-state index contributed by atoms with van der Waals surface area (Å²) >= 11 is 0. The molecule has 158 valence electrons. The number of alkyl halides is 3. The van der Waals surface area contributed by atoms with Crippen molar-refractivity contribution in [3.8, 4) is 5.75 Å². The fourth-order valence-electron chi connectivity index (χ4n) is 2.05. The molecule has 11 heteroatoms. The summed E-state index contributed by atoms with van der Waals surface area (Å²) < 4.78 is 36.9. The van der Waals surface area contributed by atoms with Crippen LogP contribution in [-0.2, 0) is 19.2 Å². The van der Waals surface area contributed by atoms with Gasteiger partial charge in [0.25, 0.3) is 5.91 Å². The lowest BCUT2D eigenvalue weighted by atomic mass is 9.97. The maximum absolute atomic E-state index is 11.9. The summed E-state index contributed by atoms with van der Waals surface area (Å²) in [6, 6.07) is 11.4. The summed E-state index contributed by atoms with van der Waals surface area (Å²) in [6.07, 6.45) is -5.08. The predicted octanol–water partition coefficient (Wildman–Crippen LogP) is 2.72. The first-order valence-electron chi connectivity index (χ1n) is 7.97. The summed E-state index contributed by atoms with van der Waals surface area (Å²) in [5, 5.41) is 17.6. The zero-order valence-corrected chi connectivity index (χ0v) is 15.3. The number of hydroxylamine groups is 1. The van der Waals surface area contributed by atoms with Gasteiger partial charge in [0.15, 0.2) is 6.61 Å². The second kappa shape index (κ2) is 10.3. The smallest absolute Gasteiger partial charge is 0.490 e. The summed E-state index contributed by atoms with van der Waals surface area (Å²) in [7, 11) is 1.61. The number of hydrogen-bond acceptors (Lipinski definition) is 5. The van der Waals surface area contributed by atoms with E-state index in [0.29, 0.717) is 0 Å². The summed E-state index contributed by atoms with van der Waals surface area (Å²) in [6.45, 7) is 1.15. The number of nitrogens with one attached hydrogen (secondary N) is 1. The molecule has 0 aliphatic heterocycles. The highest BCUT2D eigenvalue weighted by Crippen LogP contribution is 2.25. The Bertz CT molecular complexity index is 883. The molecule has 0 aliphatic rings. The van der Waals surface area contributed by atoms with Crippen LogP contribution in [0.4, 0.5) is 13.2 Å². The monoisotopic (exact) mass is 417 g/mol. The lowest BCUT2D eigenvalue weighted by Crippen LogP contribution is -2.30. The lowest BCUT2D eigenvalue weighted by molar-refractivity contribution is -0.192. The Hall–Kier alpha value is -3.34. The van der Waals surface area contributed by atoms with Gasteiger partial charge in [0, 0.05) is 0 Å². The molecular weight excluding hydrogens is 399 g/mol. The van der Waals surface area contributed by atoms with Crippen LogP contribution in [0.15, 0.2) is 36.4 Å². The number of benzene rings is 2. The van der Waals surface area contributed by atoms with E-state index >= 15 is 0 Å². The van der Waals surface area contributed by atoms with Crippen molar-refractivity contribution < 1.29 is 47.3 Å². The maximum atomic E-state index is 11.9. The normalized spacial score (nSPS) is 11.8. The quantitative estimate of drug-likeness (QED) is 0.618. The van der Waals surface area contributed by atoms with Gasteiger partial charge >= 0.3 is 18.1 Å². The van der Waals surface area contributed by atoms with Crippen molar-refractivity contribution >= 4 is 28.6 Å². The van der Waals surface area contributed by atoms with Crippen LogP contribution >= 0.6 is 0 Å². The minimum atomic E-state index is -5.08. The second-order valence-electron chi connectivity index (χ2n) is 5.65. The van der Waals surface area contributed by atoms with Crippen molar-refractivity contribution in [1.29, 1.82) is 0 Å². The van der Waals surface area contributed by atoms with Gasteiger partial charge in [-0.2, -0.15) is 13.2 Å².